The Bertz CT molecular complexity index is 4520. The Kier molecular flexibility index (Phi) is 19.3. The molecule has 12 rings (SSSR count). The zero-order valence-electron chi connectivity index (χ0n) is 57.2. The van der Waals surface area contributed by atoms with E-state index in [9.17, 15) is 23.1 Å². The van der Waals surface area contributed by atoms with Gasteiger partial charge in [-0.1, -0.05) is 209 Å². The smallest absolute Gasteiger partial charge is 0.389 e. The third-order valence-corrected chi connectivity index (χ3v) is 19.3. The van der Waals surface area contributed by atoms with Gasteiger partial charge in [0.2, 0.25) is 0 Å². The zero-order valence-corrected chi connectivity index (χ0v) is 59.3. The molecule has 8 aromatic carbocycles. The van der Waals surface area contributed by atoms with Gasteiger partial charge in [-0.05, 0) is 162 Å². The summed E-state index contributed by atoms with van der Waals surface area (Å²) in [4.78, 5) is 26.4. The van der Waals surface area contributed by atoms with E-state index in [1.54, 1.807) is 6.92 Å². The molecule has 0 saturated heterocycles. The van der Waals surface area contributed by atoms with Gasteiger partial charge in [0.1, 0.15) is 0 Å². The Labute approximate surface area is 557 Å². The number of hydrogen-bond acceptors (Lipinski definition) is 6. The Hall–Kier alpha value is -6.03. The molecule has 0 aliphatic carbocycles. The van der Waals surface area contributed by atoms with Crippen molar-refractivity contribution < 1.29 is 45.9 Å². The minimum atomic E-state index is -4.33. The van der Waals surface area contributed by atoms with Gasteiger partial charge in [-0.25, -0.2) is 0 Å². The van der Waals surface area contributed by atoms with Crippen LogP contribution < -0.4 is 0 Å². The summed E-state index contributed by atoms with van der Waals surface area (Å²) in [5.41, 5.74) is 11.3. The van der Waals surface area contributed by atoms with E-state index in [2.05, 4.69) is 193 Å². The average Bonchev–Trinajstić information content (AvgIpc) is 0.723. The van der Waals surface area contributed by atoms with Crippen molar-refractivity contribution in [1.82, 2.24) is 9.97 Å². The summed E-state index contributed by atoms with van der Waals surface area (Å²) in [6.07, 6.45) is 1.52. The van der Waals surface area contributed by atoms with Crippen LogP contribution in [0.15, 0.2) is 147 Å². The molecular weight excluding hydrogens is 1330 g/mol. The minimum absolute atomic E-state index is 0. The van der Waals surface area contributed by atoms with E-state index in [-0.39, 0.29) is 59.9 Å². The van der Waals surface area contributed by atoms with E-state index in [0.717, 1.165) is 81.2 Å². The summed E-state index contributed by atoms with van der Waals surface area (Å²) in [6, 6.07) is 44.8. The van der Waals surface area contributed by atoms with Crippen molar-refractivity contribution in [2.24, 2.45) is 33.5 Å². The summed E-state index contributed by atoms with van der Waals surface area (Å²) in [5, 5.41) is 24.1. The van der Waals surface area contributed by atoms with Gasteiger partial charge in [-0.15, -0.1) is 58.6 Å². The largest absolute Gasteiger partial charge is 0.512 e. The number of benzene rings is 8. The number of aliphatic hydroxyl groups is 1. The van der Waals surface area contributed by atoms with Crippen molar-refractivity contribution in [3.63, 3.8) is 0 Å². The number of aliphatic hydroxyl groups excluding tert-OH is 1. The van der Waals surface area contributed by atoms with Crippen molar-refractivity contribution in [2.45, 2.75) is 188 Å². The van der Waals surface area contributed by atoms with Crippen LogP contribution in [0.3, 0.4) is 0 Å². The van der Waals surface area contributed by atoms with Crippen molar-refractivity contribution in [1.29, 1.82) is 0 Å². The third-order valence-electron chi connectivity index (χ3n) is 16.9. The van der Waals surface area contributed by atoms with E-state index in [4.69, 9.17) is 12.7 Å². The SMILES string of the molecule is CCC(CC)C(=O)/C=C(\O)C(CC)CC(F)(F)F.[2H]c1cc2c3c(cc4c(CC(C)(C)C)cccc42)Sc2c([c-]c4cc(C)ccc4c2CC(C)(C)C)-c3n1.[2H]c1cc2c3c(cc4c(CC(C)(C)C)cccc42)Sc2c([c-]c4ccccc4c2CC(C)(C)C)-c3n1.[Ir]. The van der Waals surface area contributed by atoms with E-state index in [1.807, 2.05) is 49.5 Å². The fourth-order valence-electron chi connectivity index (χ4n) is 13.0. The van der Waals surface area contributed by atoms with Crippen LogP contribution in [0.1, 0.15) is 160 Å². The molecule has 0 spiro atoms. The van der Waals surface area contributed by atoms with E-state index >= 15 is 0 Å². The molecule has 4 heterocycles. The van der Waals surface area contributed by atoms with E-state index in [1.165, 1.54) is 85.1 Å². The standard InChI is InChI=1S/C34H34NS.C33H32NS.C13H21F3O2.Ir/c1-20-11-12-23-22(15-20)16-27-31-30-25(13-14-35-31)24-10-8-9-21(18-33(2,3)4)26(24)17-29(30)36-32(27)28(23)19-34(5,6)7;1-32(2,3)18-21-11-9-13-23-24-14-15-34-30-26-16-20-10-7-8-12-22(20)27(19-33(4,5)6)31(26)35-28(29(24)30)17-25(21)23;1-4-9(5-2)11(17)7-12(18)10(6-3)8-13(14,15)16;/h8-15,17H,18-19H2,1-7H3;7-15,17H,18-19H2,1-6H3;7,9-10,18H,4-6,8H2,1-3H3;/q2*-1;;/b;;12-7-;/i14D;15D;;. The van der Waals surface area contributed by atoms with E-state index in [0.29, 0.717) is 25.2 Å². The van der Waals surface area contributed by atoms with Crippen LogP contribution in [-0.2, 0) is 50.6 Å². The maximum Gasteiger partial charge on any atom is 0.389 e. The van der Waals surface area contributed by atoms with Gasteiger partial charge < -0.3 is 5.11 Å². The summed E-state index contributed by atoms with van der Waals surface area (Å²) < 4.78 is 54.1. The molecular formula is C80H87F3IrN2O2S2-2. The van der Waals surface area contributed by atoms with Crippen LogP contribution in [-0.4, -0.2) is 27.0 Å². The van der Waals surface area contributed by atoms with Crippen molar-refractivity contribution >= 4 is 93.9 Å². The zero-order chi connectivity index (χ0) is 66.0. The minimum Gasteiger partial charge on any atom is -0.512 e. The maximum atomic E-state index is 12.3. The van der Waals surface area contributed by atoms with Crippen LogP contribution in [0.2, 0.25) is 0 Å². The van der Waals surface area contributed by atoms with Crippen LogP contribution in [0.5, 0.6) is 0 Å². The summed E-state index contributed by atoms with van der Waals surface area (Å²) in [5.74, 6) is -2.00. The molecule has 2 aromatic heterocycles. The maximum absolute atomic E-state index is 12.3. The topological polar surface area (TPSA) is 63.1 Å². The molecule has 0 bridgehead atoms. The van der Waals surface area contributed by atoms with Crippen LogP contribution in [0, 0.1) is 52.6 Å². The number of carbonyl (C=O) groups is 1. The summed E-state index contributed by atoms with van der Waals surface area (Å²) in [6.45, 7) is 35.0. The molecule has 10 heteroatoms. The van der Waals surface area contributed by atoms with Crippen LogP contribution >= 0.6 is 23.5 Å². The Morgan fingerprint density at radius 1 is 0.544 bits per heavy atom. The van der Waals surface area contributed by atoms with Gasteiger partial charge in [0.15, 0.2) is 5.78 Å². The first-order valence-corrected chi connectivity index (χ1v) is 33.3. The first-order chi connectivity index (χ1) is 42.6. The van der Waals surface area contributed by atoms with Crippen molar-refractivity contribution in [3.8, 4) is 22.5 Å². The van der Waals surface area contributed by atoms with Crippen LogP contribution in [0.25, 0.3) is 87.1 Å². The molecule has 1 atom stereocenters. The Morgan fingerprint density at radius 3 is 1.42 bits per heavy atom. The average molecular weight is 1420 g/mol. The number of aryl methyl sites for hydroxylation is 1. The Morgan fingerprint density at radius 2 is 0.978 bits per heavy atom. The second kappa shape index (κ2) is 26.5. The quantitative estimate of drug-likeness (QED) is 0.0603. The number of allylic oxidation sites excluding steroid dienone is 2. The molecule has 10 aromatic rings. The normalized spacial score (nSPS) is 14.0. The number of hydrogen-bond donors (Lipinski definition) is 1. The number of carbonyl (C=O) groups excluding carboxylic acids is 1. The first-order valence-electron chi connectivity index (χ1n) is 32.7. The monoisotopic (exact) mass is 1420 g/mol. The van der Waals surface area contributed by atoms with E-state index < -0.39 is 24.3 Å². The number of aromatic nitrogens is 2. The number of ketones is 1. The number of alkyl halides is 3. The number of halogens is 3. The van der Waals surface area contributed by atoms with Gasteiger partial charge in [0.05, 0.1) is 14.9 Å². The second-order valence-corrected chi connectivity index (χ2v) is 31.7. The number of pyridine rings is 2. The molecule has 0 fully saturated rings. The number of fused-ring (bicyclic) bond motifs is 10. The Balaban J connectivity index is 0.000000173. The second-order valence-electron chi connectivity index (χ2n) is 29.6. The predicted octanol–water partition coefficient (Wildman–Crippen LogP) is 24.0. The van der Waals surface area contributed by atoms with Gasteiger partial charge in [0.25, 0.3) is 0 Å². The summed E-state index contributed by atoms with van der Waals surface area (Å²) in [7, 11) is 0. The first kappa shape index (κ1) is 65.5. The molecule has 90 heavy (non-hydrogen) atoms. The fraction of sp³-hybridized carbons (Fsp3) is 0.388. The molecule has 473 valence electrons. The molecule has 1 unspecified atom stereocenters. The van der Waals surface area contributed by atoms with Crippen molar-refractivity contribution in [2.75, 3.05) is 0 Å². The van der Waals surface area contributed by atoms with Gasteiger partial charge in [-0.2, -0.15) is 13.2 Å². The fourth-order valence-corrected chi connectivity index (χ4v) is 15.5. The molecule has 0 amide bonds. The van der Waals surface area contributed by atoms with Gasteiger partial charge >= 0.3 is 6.18 Å². The molecule has 2 aliphatic rings. The molecule has 4 nitrogen and oxygen atoms in total. The molecule has 0 saturated carbocycles. The third kappa shape index (κ3) is 15.0. The van der Waals surface area contributed by atoms with Gasteiger partial charge in [-0.3, -0.25) is 14.8 Å². The number of nitrogens with zero attached hydrogens (tertiary/aromatic N) is 2. The van der Waals surface area contributed by atoms with Gasteiger partial charge in [0, 0.05) is 71.5 Å². The molecule has 1 radical (unpaired) electrons. The molecule has 2 aliphatic heterocycles. The predicted molar refractivity (Wildman–Crippen MR) is 372 cm³/mol. The molecule has 1 N–H and O–H groups in total. The van der Waals surface area contributed by atoms with Crippen molar-refractivity contribution in [3.05, 3.63) is 167 Å². The summed E-state index contributed by atoms with van der Waals surface area (Å²) >= 11 is 3.75. The number of rotatable bonds is 11. The van der Waals surface area contributed by atoms with Crippen LogP contribution in [0.4, 0.5) is 13.2 Å².